The molecule has 3 aromatic rings. The number of rotatable bonds is 10. The van der Waals surface area contributed by atoms with Crippen LogP contribution in [0.5, 0.6) is 5.75 Å². The number of carbonyl (C=O) groups excluding carboxylic acids is 3. The summed E-state index contributed by atoms with van der Waals surface area (Å²) in [6.07, 6.45) is 0.675. The van der Waals surface area contributed by atoms with Crippen LogP contribution < -0.4 is 15.4 Å². The number of nitrogens with zero attached hydrogens (tertiary/aromatic N) is 1. The maximum Gasteiger partial charge on any atom is 0.387 e. The summed E-state index contributed by atoms with van der Waals surface area (Å²) in [5, 5.41) is 5.53. The molecule has 186 valence electrons. The lowest BCUT2D eigenvalue weighted by Crippen LogP contribution is -2.47. The second kappa shape index (κ2) is 11.0. The van der Waals surface area contributed by atoms with Crippen molar-refractivity contribution in [1.82, 2.24) is 15.5 Å². The Labute approximate surface area is 207 Å². The monoisotopic (exact) mass is 493 g/mol. The molecule has 0 bridgehead atoms. The zero-order valence-electron chi connectivity index (χ0n) is 19.3. The second-order valence-corrected chi connectivity index (χ2v) is 8.38. The third-order valence-electron chi connectivity index (χ3n) is 5.94. The van der Waals surface area contributed by atoms with Crippen molar-refractivity contribution in [2.24, 2.45) is 0 Å². The molecule has 0 aromatic heterocycles. The quantitative estimate of drug-likeness (QED) is 0.422. The van der Waals surface area contributed by atoms with E-state index in [4.69, 9.17) is 0 Å². The van der Waals surface area contributed by atoms with Crippen molar-refractivity contribution in [1.29, 1.82) is 0 Å². The molecule has 9 heteroatoms. The maximum atomic E-state index is 13.6. The topological polar surface area (TPSA) is 87.7 Å². The fourth-order valence-corrected chi connectivity index (χ4v) is 4.20. The predicted molar refractivity (Wildman–Crippen MR) is 128 cm³/mol. The molecule has 1 atom stereocenters. The summed E-state index contributed by atoms with van der Waals surface area (Å²) in [6.45, 7) is -3.07. The zero-order valence-corrected chi connectivity index (χ0v) is 19.3. The Hall–Kier alpha value is -4.27. The van der Waals surface area contributed by atoms with Gasteiger partial charge in [-0.3, -0.25) is 14.5 Å². The lowest BCUT2D eigenvalue weighted by molar-refractivity contribution is -0.135. The van der Waals surface area contributed by atoms with Gasteiger partial charge in [0.25, 0.3) is 5.91 Å². The highest BCUT2D eigenvalue weighted by Gasteiger charge is 2.52. The average molecular weight is 494 g/mol. The number of imide groups is 1. The van der Waals surface area contributed by atoms with Gasteiger partial charge in [0, 0.05) is 13.0 Å². The van der Waals surface area contributed by atoms with Crippen LogP contribution in [0.25, 0.3) is 0 Å². The van der Waals surface area contributed by atoms with Gasteiger partial charge >= 0.3 is 12.6 Å². The number of urea groups is 1. The molecule has 1 fully saturated rings. The first-order valence-corrected chi connectivity index (χ1v) is 11.4. The molecule has 2 N–H and O–H groups in total. The van der Waals surface area contributed by atoms with Crippen LogP contribution in [0, 0.1) is 0 Å². The Morgan fingerprint density at radius 2 is 1.56 bits per heavy atom. The van der Waals surface area contributed by atoms with Gasteiger partial charge < -0.3 is 15.4 Å². The van der Waals surface area contributed by atoms with Gasteiger partial charge in [-0.2, -0.15) is 8.78 Å². The molecule has 1 aliphatic heterocycles. The largest absolute Gasteiger partial charge is 0.435 e. The molecular weight excluding hydrogens is 468 g/mol. The molecule has 0 radical (unpaired) electrons. The second-order valence-electron chi connectivity index (χ2n) is 8.38. The van der Waals surface area contributed by atoms with Crippen molar-refractivity contribution in [3.63, 3.8) is 0 Å². The Bertz CT molecular complexity index is 1210. The van der Waals surface area contributed by atoms with E-state index in [-0.39, 0.29) is 18.7 Å². The van der Waals surface area contributed by atoms with E-state index < -0.39 is 36.5 Å². The smallest absolute Gasteiger partial charge is 0.387 e. The van der Waals surface area contributed by atoms with Gasteiger partial charge in [-0.05, 0) is 35.2 Å². The summed E-state index contributed by atoms with van der Waals surface area (Å²) in [4.78, 5) is 39.9. The van der Waals surface area contributed by atoms with E-state index in [0.29, 0.717) is 12.0 Å². The number of halogens is 2. The zero-order chi connectivity index (χ0) is 25.5. The number of hydrogen-bond acceptors (Lipinski definition) is 4. The number of nitrogens with one attached hydrogen (secondary N) is 2. The van der Waals surface area contributed by atoms with Gasteiger partial charge in [0.1, 0.15) is 12.3 Å². The lowest BCUT2D eigenvalue weighted by Gasteiger charge is -2.27. The number of ether oxygens (including phenoxy) is 1. The van der Waals surface area contributed by atoms with Crippen molar-refractivity contribution in [2.45, 2.75) is 25.0 Å². The van der Waals surface area contributed by atoms with Gasteiger partial charge in [-0.1, -0.05) is 72.8 Å². The van der Waals surface area contributed by atoms with Crippen LogP contribution >= 0.6 is 0 Å². The van der Waals surface area contributed by atoms with Gasteiger partial charge in [0.15, 0.2) is 5.54 Å². The average Bonchev–Trinajstić information content (AvgIpc) is 3.11. The molecule has 1 saturated heterocycles. The summed E-state index contributed by atoms with van der Waals surface area (Å²) >= 11 is 0. The number of carbonyl (C=O) groups is 3. The molecule has 4 rings (SSSR count). The lowest BCUT2D eigenvalue weighted by atomic mass is 9.83. The molecule has 0 aliphatic carbocycles. The Kier molecular flexibility index (Phi) is 7.58. The van der Waals surface area contributed by atoms with Gasteiger partial charge in [0.05, 0.1) is 0 Å². The Morgan fingerprint density at radius 3 is 2.19 bits per heavy atom. The van der Waals surface area contributed by atoms with Crippen molar-refractivity contribution in [3.8, 4) is 5.75 Å². The summed E-state index contributed by atoms with van der Waals surface area (Å²) in [5.74, 6) is -0.930. The summed E-state index contributed by atoms with van der Waals surface area (Å²) < 4.78 is 28.8. The first-order valence-electron chi connectivity index (χ1n) is 11.4. The highest BCUT2D eigenvalue weighted by atomic mass is 19.3. The molecule has 4 amide bonds. The molecule has 7 nitrogen and oxygen atoms in total. The maximum absolute atomic E-state index is 13.6. The van der Waals surface area contributed by atoms with Crippen LogP contribution in [0.1, 0.15) is 16.7 Å². The van der Waals surface area contributed by atoms with Crippen molar-refractivity contribution in [3.05, 3.63) is 102 Å². The molecule has 36 heavy (non-hydrogen) atoms. The van der Waals surface area contributed by atoms with Crippen molar-refractivity contribution < 1.29 is 27.9 Å². The summed E-state index contributed by atoms with van der Waals surface area (Å²) in [7, 11) is 0. The van der Waals surface area contributed by atoms with Gasteiger partial charge in [-0.25, -0.2) is 4.79 Å². The first kappa shape index (κ1) is 24.8. The number of amides is 4. The highest BCUT2D eigenvalue weighted by molar-refractivity contribution is 6.09. The minimum absolute atomic E-state index is 0.0498. The third kappa shape index (κ3) is 5.68. The van der Waals surface area contributed by atoms with E-state index >= 15 is 0 Å². The van der Waals surface area contributed by atoms with Crippen LogP contribution in [0.15, 0.2) is 84.9 Å². The molecule has 0 saturated carbocycles. The molecular formula is C27H25F2N3O4. The van der Waals surface area contributed by atoms with Crippen molar-refractivity contribution in [2.75, 3.05) is 13.1 Å². The minimum Gasteiger partial charge on any atom is -0.435 e. The Balaban J connectivity index is 1.40. The summed E-state index contributed by atoms with van der Waals surface area (Å²) in [5.41, 5.74) is 0.987. The van der Waals surface area contributed by atoms with Gasteiger partial charge in [-0.15, -0.1) is 0 Å². The van der Waals surface area contributed by atoms with Crippen molar-refractivity contribution >= 4 is 17.8 Å². The van der Waals surface area contributed by atoms with E-state index in [1.165, 1.54) is 12.1 Å². The fourth-order valence-electron chi connectivity index (χ4n) is 4.20. The molecule has 0 spiro atoms. The minimum atomic E-state index is -2.89. The van der Waals surface area contributed by atoms with E-state index in [0.717, 1.165) is 16.0 Å². The van der Waals surface area contributed by atoms with E-state index in [1.807, 2.05) is 36.4 Å². The summed E-state index contributed by atoms with van der Waals surface area (Å²) in [6, 6.07) is 23.8. The number of alkyl halides is 2. The number of benzene rings is 3. The predicted octanol–water partition coefficient (Wildman–Crippen LogP) is 3.64. The molecule has 3 aromatic carbocycles. The van der Waals surface area contributed by atoms with Crippen LogP contribution in [0.2, 0.25) is 0 Å². The third-order valence-corrected chi connectivity index (χ3v) is 5.94. The highest BCUT2D eigenvalue weighted by Crippen LogP contribution is 2.32. The van der Waals surface area contributed by atoms with Crippen LogP contribution in [-0.2, 0) is 28.0 Å². The van der Waals surface area contributed by atoms with Crippen LogP contribution in [-0.4, -0.2) is 42.4 Å². The van der Waals surface area contributed by atoms with E-state index in [2.05, 4.69) is 15.4 Å². The SMILES string of the molecule is O=C(CN1C(=O)NC(Cc2ccccc2)(c2ccccc2)C1=O)NCCc1ccc(OC(F)F)cc1. The normalized spacial score (nSPS) is 17.2. The molecule has 1 aliphatic rings. The standard InChI is InChI=1S/C27H25F2N3O4/c28-25(29)36-22-13-11-19(12-14-22)15-16-30-23(33)18-32-24(34)27(31-26(32)35,21-9-5-2-6-10-21)17-20-7-3-1-4-8-20/h1-14,25H,15-18H2,(H,30,33)(H,31,35). The van der Waals surface area contributed by atoms with E-state index in [9.17, 15) is 23.2 Å². The molecule has 1 unspecified atom stereocenters. The van der Waals surface area contributed by atoms with Gasteiger partial charge in [0.2, 0.25) is 5.91 Å². The van der Waals surface area contributed by atoms with Crippen LogP contribution in [0.3, 0.4) is 0 Å². The molecule has 1 heterocycles. The van der Waals surface area contributed by atoms with Crippen LogP contribution in [0.4, 0.5) is 13.6 Å². The first-order chi connectivity index (χ1) is 17.4. The fraction of sp³-hybridized carbons (Fsp3) is 0.222. The van der Waals surface area contributed by atoms with E-state index in [1.54, 1.807) is 36.4 Å². The Morgan fingerprint density at radius 1 is 0.917 bits per heavy atom. The number of hydrogen-bond donors (Lipinski definition) is 2.